The lowest BCUT2D eigenvalue weighted by atomic mass is 9.89. The van der Waals surface area contributed by atoms with Crippen LogP contribution in [0.5, 0.6) is 0 Å². The van der Waals surface area contributed by atoms with Crippen molar-refractivity contribution < 1.29 is 31.1 Å². The largest absolute Gasteiger partial charge is 0.416 e. The van der Waals surface area contributed by atoms with Crippen molar-refractivity contribution in [1.82, 2.24) is 9.88 Å². The van der Waals surface area contributed by atoms with Gasteiger partial charge in [0.1, 0.15) is 5.01 Å². The molecular weight excluding hydrogens is 442 g/mol. The van der Waals surface area contributed by atoms with E-state index in [0.29, 0.717) is 43.2 Å². The molecule has 1 saturated heterocycles. The molecule has 1 fully saturated rings. The Balaban J connectivity index is 0.00000300. The maximum Gasteiger partial charge on any atom is 0.416 e. The summed E-state index contributed by atoms with van der Waals surface area (Å²) in [5.41, 5.74) is -3.24. The molecule has 1 aliphatic heterocycles. The summed E-state index contributed by atoms with van der Waals surface area (Å²) in [6.07, 6.45) is -8.49. The van der Waals surface area contributed by atoms with E-state index >= 15 is 0 Å². The molecule has 0 N–H and O–H groups in total. The molecule has 0 atom stereocenters. The first-order chi connectivity index (χ1) is 12.9. The number of thiazole rings is 1. The van der Waals surface area contributed by atoms with Crippen LogP contribution in [0.25, 0.3) is 11.3 Å². The number of hydrogen-bond donors (Lipinski definition) is 0. The topological polar surface area (TPSA) is 25.4 Å². The molecule has 29 heavy (non-hydrogen) atoms. The summed E-state index contributed by atoms with van der Waals surface area (Å²) in [5.74, 6) is 0. The number of aromatic nitrogens is 1. The Kier molecular flexibility index (Phi) is 6.93. The standard InChI is InChI=1S/C18H18F6N2OS.ClH/c1-26(2)16(3-5-27-6-4-16)15-25-14(10-28-15)11-7-12(17(19,20)21)9-13(8-11)18(22,23)24;/h7-10H,3-6H2,1-2H3;1H. The summed E-state index contributed by atoms with van der Waals surface area (Å²) in [6.45, 7) is 1.02. The summed E-state index contributed by atoms with van der Waals surface area (Å²) in [5, 5.41) is 2.16. The molecule has 1 aromatic heterocycles. The lowest BCUT2D eigenvalue weighted by molar-refractivity contribution is -0.143. The second-order valence-corrected chi connectivity index (χ2v) is 7.73. The van der Waals surface area contributed by atoms with E-state index in [2.05, 4.69) is 4.98 Å². The molecule has 162 valence electrons. The number of ether oxygens (including phenoxy) is 1. The average molecular weight is 461 g/mol. The van der Waals surface area contributed by atoms with E-state index in [4.69, 9.17) is 4.74 Å². The molecule has 2 aromatic rings. The molecule has 0 saturated carbocycles. The fraction of sp³-hybridized carbons (Fsp3) is 0.500. The highest BCUT2D eigenvalue weighted by atomic mass is 35.5. The van der Waals surface area contributed by atoms with Crippen molar-refractivity contribution in [2.45, 2.75) is 30.7 Å². The molecule has 0 bridgehead atoms. The summed E-state index contributed by atoms with van der Waals surface area (Å²) < 4.78 is 84.0. The van der Waals surface area contributed by atoms with E-state index in [-0.39, 0.29) is 29.7 Å². The third kappa shape index (κ3) is 4.87. The predicted octanol–water partition coefficient (Wildman–Crippen LogP) is 5.84. The highest BCUT2D eigenvalue weighted by molar-refractivity contribution is 7.10. The molecule has 0 spiro atoms. The molecule has 0 amide bonds. The van der Waals surface area contributed by atoms with Gasteiger partial charge >= 0.3 is 12.4 Å². The lowest BCUT2D eigenvalue weighted by Crippen LogP contribution is -2.45. The Labute approximate surface area is 174 Å². The maximum absolute atomic E-state index is 13.1. The van der Waals surface area contributed by atoms with Gasteiger partial charge < -0.3 is 4.74 Å². The molecule has 3 rings (SSSR count). The fourth-order valence-corrected chi connectivity index (χ4v) is 4.45. The van der Waals surface area contributed by atoms with Crippen molar-refractivity contribution in [3.05, 3.63) is 39.7 Å². The summed E-state index contributed by atoms with van der Waals surface area (Å²) in [7, 11) is 3.75. The van der Waals surface area contributed by atoms with Crippen LogP contribution in [0.3, 0.4) is 0 Å². The number of nitrogens with zero attached hydrogens (tertiary/aromatic N) is 2. The van der Waals surface area contributed by atoms with Gasteiger partial charge in [-0.15, -0.1) is 23.7 Å². The van der Waals surface area contributed by atoms with Gasteiger partial charge in [0.15, 0.2) is 0 Å². The summed E-state index contributed by atoms with van der Waals surface area (Å²) >= 11 is 1.23. The number of hydrogen-bond acceptors (Lipinski definition) is 4. The van der Waals surface area contributed by atoms with E-state index in [1.807, 2.05) is 19.0 Å². The number of alkyl halides is 6. The van der Waals surface area contributed by atoms with E-state index < -0.39 is 29.0 Å². The Morgan fingerprint density at radius 2 is 1.48 bits per heavy atom. The van der Waals surface area contributed by atoms with Gasteiger partial charge in [0, 0.05) is 24.2 Å². The van der Waals surface area contributed by atoms with Gasteiger partial charge in [0.25, 0.3) is 0 Å². The Morgan fingerprint density at radius 1 is 0.966 bits per heavy atom. The number of benzene rings is 1. The van der Waals surface area contributed by atoms with Gasteiger partial charge in [0.2, 0.25) is 0 Å². The normalized spacial score (nSPS) is 17.3. The number of halogens is 7. The Morgan fingerprint density at radius 3 is 1.93 bits per heavy atom. The number of rotatable bonds is 3. The van der Waals surface area contributed by atoms with Crippen LogP contribution < -0.4 is 0 Å². The van der Waals surface area contributed by atoms with Gasteiger partial charge in [0.05, 0.1) is 22.4 Å². The first kappa shape index (κ1) is 23.9. The van der Waals surface area contributed by atoms with E-state index in [1.54, 1.807) is 0 Å². The van der Waals surface area contributed by atoms with E-state index in [9.17, 15) is 26.3 Å². The smallest absolute Gasteiger partial charge is 0.381 e. The minimum absolute atomic E-state index is 0. The Hall–Kier alpha value is -1.36. The minimum atomic E-state index is -4.89. The van der Waals surface area contributed by atoms with Crippen molar-refractivity contribution in [2.24, 2.45) is 0 Å². The molecule has 11 heteroatoms. The van der Waals surface area contributed by atoms with Crippen LogP contribution in [0.15, 0.2) is 23.6 Å². The van der Waals surface area contributed by atoms with E-state index in [1.165, 1.54) is 16.7 Å². The molecular formula is C18H19ClF6N2OS. The molecule has 2 heterocycles. The molecule has 0 aliphatic carbocycles. The van der Waals surface area contributed by atoms with Crippen LogP contribution in [0.2, 0.25) is 0 Å². The van der Waals surface area contributed by atoms with Gasteiger partial charge in [-0.05, 0) is 45.1 Å². The molecule has 3 nitrogen and oxygen atoms in total. The van der Waals surface area contributed by atoms with Crippen LogP contribution in [-0.2, 0) is 22.6 Å². The molecule has 1 aromatic carbocycles. The lowest BCUT2D eigenvalue weighted by Gasteiger charge is -2.41. The van der Waals surface area contributed by atoms with Crippen molar-refractivity contribution >= 4 is 23.7 Å². The summed E-state index contributed by atoms with van der Waals surface area (Å²) in [4.78, 5) is 6.41. The first-order valence-corrected chi connectivity index (χ1v) is 9.32. The third-order valence-corrected chi connectivity index (χ3v) is 6.00. The molecule has 0 radical (unpaired) electrons. The average Bonchev–Trinajstić information content (AvgIpc) is 3.11. The third-order valence-electron chi connectivity index (χ3n) is 4.96. The zero-order chi connectivity index (χ0) is 20.7. The predicted molar refractivity (Wildman–Crippen MR) is 100 cm³/mol. The van der Waals surface area contributed by atoms with Crippen molar-refractivity contribution in [2.75, 3.05) is 27.3 Å². The van der Waals surface area contributed by atoms with Crippen LogP contribution in [-0.4, -0.2) is 37.2 Å². The van der Waals surface area contributed by atoms with Gasteiger partial charge in [-0.3, -0.25) is 4.90 Å². The SMILES string of the molecule is CN(C)C1(c2nc(-c3cc(C(F)(F)F)cc(C(F)(F)F)c3)cs2)CCOCC1.Cl. The fourth-order valence-electron chi connectivity index (χ4n) is 3.28. The quantitative estimate of drug-likeness (QED) is 0.538. The van der Waals surface area contributed by atoms with Crippen LogP contribution in [0.1, 0.15) is 29.0 Å². The maximum atomic E-state index is 13.1. The minimum Gasteiger partial charge on any atom is -0.381 e. The van der Waals surface area contributed by atoms with Gasteiger partial charge in [-0.25, -0.2) is 4.98 Å². The summed E-state index contributed by atoms with van der Waals surface area (Å²) in [6, 6.07) is 1.54. The highest BCUT2D eigenvalue weighted by Crippen LogP contribution is 2.42. The van der Waals surface area contributed by atoms with Crippen molar-refractivity contribution in [3.63, 3.8) is 0 Å². The monoisotopic (exact) mass is 460 g/mol. The van der Waals surface area contributed by atoms with E-state index in [0.717, 1.165) is 0 Å². The molecule has 1 aliphatic rings. The van der Waals surface area contributed by atoms with Crippen LogP contribution in [0.4, 0.5) is 26.3 Å². The zero-order valence-corrected chi connectivity index (χ0v) is 17.2. The van der Waals surface area contributed by atoms with Crippen LogP contribution >= 0.6 is 23.7 Å². The van der Waals surface area contributed by atoms with Crippen molar-refractivity contribution in [3.8, 4) is 11.3 Å². The van der Waals surface area contributed by atoms with Gasteiger partial charge in [-0.1, -0.05) is 0 Å². The molecule has 0 unspecified atom stereocenters. The Bertz CT molecular complexity index is 811. The van der Waals surface area contributed by atoms with Gasteiger partial charge in [-0.2, -0.15) is 26.3 Å². The van der Waals surface area contributed by atoms with Crippen LogP contribution in [0, 0.1) is 0 Å². The second kappa shape index (κ2) is 8.41. The first-order valence-electron chi connectivity index (χ1n) is 8.44. The second-order valence-electron chi connectivity index (χ2n) is 6.87. The van der Waals surface area contributed by atoms with Crippen molar-refractivity contribution in [1.29, 1.82) is 0 Å². The zero-order valence-electron chi connectivity index (χ0n) is 15.5. The highest BCUT2D eigenvalue weighted by Gasteiger charge is 2.40.